The highest BCUT2D eigenvalue weighted by Crippen LogP contribution is 2.36. The summed E-state index contributed by atoms with van der Waals surface area (Å²) >= 11 is 18.3. The third-order valence-electron chi connectivity index (χ3n) is 3.61. The summed E-state index contributed by atoms with van der Waals surface area (Å²) in [4.78, 5) is 2.28. The quantitative estimate of drug-likeness (QED) is 0.828. The number of rotatable bonds is 2. The molecule has 5 heteroatoms. The number of anilines is 1. The Balaban J connectivity index is 2.20. The standard InChI is InChI=1S/C13H17Cl3N2/c1-8-7-18(4-3-12(8)17-2)13-6-10(15)9(14)5-11(13)16/h5-6,8,12,17H,3-4,7H2,1-2H3. The lowest BCUT2D eigenvalue weighted by atomic mass is 9.93. The Hall–Kier alpha value is -0.150. The number of nitrogens with zero attached hydrogens (tertiary/aromatic N) is 1. The van der Waals surface area contributed by atoms with Crippen molar-refractivity contribution in [1.82, 2.24) is 5.32 Å². The van der Waals surface area contributed by atoms with Crippen molar-refractivity contribution in [2.24, 2.45) is 5.92 Å². The fourth-order valence-corrected chi connectivity index (χ4v) is 3.21. The van der Waals surface area contributed by atoms with Gasteiger partial charge in [0.2, 0.25) is 0 Å². The zero-order chi connectivity index (χ0) is 13.3. The Kier molecular flexibility index (Phi) is 4.65. The van der Waals surface area contributed by atoms with Crippen LogP contribution in [0.1, 0.15) is 13.3 Å². The maximum Gasteiger partial charge on any atom is 0.0655 e. The average Bonchev–Trinajstić information content (AvgIpc) is 2.33. The first-order valence-corrected chi connectivity index (χ1v) is 7.23. The number of nitrogens with one attached hydrogen (secondary N) is 1. The van der Waals surface area contributed by atoms with Gasteiger partial charge in [0.05, 0.1) is 20.8 Å². The molecular formula is C13H17Cl3N2. The average molecular weight is 308 g/mol. The fourth-order valence-electron chi connectivity index (χ4n) is 2.55. The van der Waals surface area contributed by atoms with E-state index >= 15 is 0 Å². The lowest BCUT2D eigenvalue weighted by molar-refractivity contribution is 0.339. The largest absolute Gasteiger partial charge is 0.370 e. The molecule has 0 spiro atoms. The first kappa shape index (κ1) is 14.3. The molecule has 1 N–H and O–H groups in total. The molecule has 18 heavy (non-hydrogen) atoms. The monoisotopic (exact) mass is 306 g/mol. The Labute approximate surface area is 123 Å². The van der Waals surface area contributed by atoms with Gasteiger partial charge in [-0.25, -0.2) is 0 Å². The van der Waals surface area contributed by atoms with E-state index in [1.807, 2.05) is 13.1 Å². The van der Waals surface area contributed by atoms with Crippen LogP contribution in [0.4, 0.5) is 5.69 Å². The topological polar surface area (TPSA) is 15.3 Å². The summed E-state index contributed by atoms with van der Waals surface area (Å²) in [5.41, 5.74) is 0.979. The summed E-state index contributed by atoms with van der Waals surface area (Å²) in [6.45, 7) is 4.20. The van der Waals surface area contributed by atoms with E-state index < -0.39 is 0 Å². The summed E-state index contributed by atoms with van der Waals surface area (Å²) in [6, 6.07) is 4.15. The lowest BCUT2D eigenvalue weighted by Gasteiger charge is -2.38. The molecule has 1 aliphatic heterocycles. The molecule has 2 atom stereocenters. The van der Waals surface area contributed by atoms with Gasteiger partial charge in [-0.05, 0) is 31.5 Å². The predicted octanol–water partition coefficient (Wildman–Crippen LogP) is 4.08. The van der Waals surface area contributed by atoms with Gasteiger partial charge in [-0.1, -0.05) is 41.7 Å². The summed E-state index contributed by atoms with van der Waals surface area (Å²) < 4.78 is 0. The summed E-state index contributed by atoms with van der Waals surface area (Å²) in [5.74, 6) is 0.578. The highest BCUT2D eigenvalue weighted by Gasteiger charge is 2.26. The van der Waals surface area contributed by atoms with Gasteiger partial charge < -0.3 is 10.2 Å². The first-order chi connectivity index (χ1) is 8.52. The van der Waals surface area contributed by atoms with Crippen molar-refractivity contribution >= 4 is 40.5 Å². The number of piperidine rings is 1. The van der Waals surface area contributed by atoms with Gasteiger partial charge in [0.15, 0.2) is 0 Å². The van der Waals surface area contributed by atoms with Crippen LogP contribution < -0.4 is 10.2 Å². The molecule has 1 aliphatic rings. The van der Waals surface area contributed by atoms with E-state index in [0.29, 0.717) is 27.0 Å². The third-order valence-corrected chi connectivity index (χ3v) is 4.63. The van der Waals surface area contributed by atoms with Gasteiger partial charge >= 0.3 is 0 Å². The molecule has 2 rings (SSSR count). The molecule has 1 fully saturated rings. The van der Waals surface area contributed by atoms with Gasteiger partial charge in [-0.3, -0.25) is 0 Å². The molecule has 1 saturated heterocycles. The van der Waals surface area contributed by atoms with Crippen molar-refractivity contribution in [2.45, 2.75) is 19.4 Å². The normalized spacial score (nSPS) is 24.4. The molecule has 100 valence electrons. The number of hydrogen-bond donors (Lipinski definition) is 1. The maximum absolute atomic E-state index is 6.25. The van der Waals surface area contributed by atoms with E-state index in [1.165, 1.54) is 0 Å². The van der Waals surface area contributed by atoms with Crippen LogP contribution in [0.5, 0.6) is 0 Å². The Morgan fingerprint density at radius 1 is 1.17 bits per heavy atom. The molecule has 2 nitrogen and oxygen atoms in total. The van der Waals surface area contributed by atoms with Crippen LogP contribution in [0, 0.1) is 5.92 Å². The SMILES string of the molecule is CNC1CCN(c2cc(Cl)c(Cl)cc2Cl)CC1C. The van der Waals surface area contributed by atoms with Crippen LogP contribution in [0.15, 0.2) is 12.1 Å². The van der Waals surface area contributed by atoms with E-state index in [0.717, 1.165) is 25.2 Å². The predicted molar refractivity (Wildman–Crippen MR) is 80.3 cm³/mol. The highest BCUT2D eigenvalue weighted by atomic mass is 35.5. The number of benzene rings is 1. The van der Waals surface area contributed by atoms with E-state index in [2.05, 4.69) is 17.1 Å². The highest BCUT2D eigenvalue weighted by molar-refractivity contribution is 6.44. The van der Waals surface area contributed by atoms with Crippen LogP contribution in [0.2, 0.25) is 15.1 Å². The minimum Gasteiger partial charge on any atom is -0.370 e. The van der Waals surface area contributed by atoms with Crippen LogP contribution in [0.25, 0.3) is 0 Å². The zero-order valence-electron chi connectivity index (χ0n) is 10.5. The molecule has 1 heterocycles. The van der Waals surface area contributed by atoms with Crippen molar-refractivity contribution in [1.29, 1.82) is 0 Å². The third kappa shape index (κ3) is 2.88. The van der Waals surface area contributed by atoms with Crippen LogP contribution in [-0.2, 0) is 0 Å². The molecule has 0 aliphatic carbocycles. The van der Waals surface area contributed by atoms with Crippen LogP contribution in [0.3, 0.4) is 0 Å². The van der Waals surface area contributed by atoms with E-state index in [4.69, 9.17) is 34.8 Å². The maximum atomic E-state index is 6.25. The number of hydrogen-bond acceptors (Lipinski definition) is 2. The molecule has 0 aromatic heterocycles. The molecule has 0 amide bonds. The fraction of sp³-hybridized carbons (Fsp3) is 0.538. The molecule has 2 unspecified atom stereocenters. The zero-order valence-corrected chi connectivity index (χ0v) is 12.8. The molecular weight excluding hydrogens is 291 g/mol. The second-order valence-electron chi connectivity index (χ2n) is 4.82. The second-order valence-corrected chi connectivity index (χ2v) is 6.05. The molecule has 0 saturated carbocycles. The van der Waals surface area contributed by atoms with Crippen molar-refractivity contribution in [3.05, 3.63) is 27.2 Å². The van der Waals surface area contributed by atoms with Gasteiger partial charge in [0, 0.05) is 19.1 Å². The van der Waals surface area contributed by atoms with Crippen molar-refractivity contribution in [3.8, 4) is 0 Å². The summed E-state index contributed by atoms with van der Waals surface area (Å²) in [5, 5.41) is 5.08. The van der Waals surface area contributed by atoms with Crippen molar-refractivity contribution in [3.63, 3.8) is 0 Å². The Morgan fingerprint density at radius 3 is 2.44 bits per heavy atom. The van der Waals surface area contributed by atoms with Crippen molar-refractivity contribution < 1.29 is 0 Å². The minimum absolute atomic E-state index is 0.503. The molecule has 1 aromatic rings. The summed E-state index contributed by atoms with van der Waals surface area (Å²) in [6.07, 6.45) is 1.11. The molecule has 0 bridgehead atoms. The van der Waals surface area contributed by atoms with Crippen LogP contribution >= 0.6 is 34.8 Å². The van der Waals surface area contributed by atoms with Gasteiger partial charge in [0.1, 0.15) is 0 Å². The Morgan fingerprint density at radius 2 is 1.83 bits per heavy atom. The first-order valence-electron chi connectivity index (χ1n) is 6.09. The van der Waals surface area contributed by atoms with E-state index in [9.17, 15) is 0 Å². The van der Waals surface area contributed by atoms with Gasteiger partial charge in [0.25, 0.3) is 0 Å². The van der Waals surface area contributed by atoms with Gasteiger partial charge in [-0.15, -0.1) is 0 Å². The smallest absolute Gasteiger partial charge is 0.0655 e. The minimum atomic E-state index is 0.503. The van der Waals surface area contributed by atoms with Crippen molar-refractivity contribution in [2.75, 3.05) is 25.0 Å². The lowest BCUT2D eigenvalue weighted by Crippen LogP contribution is -2.47. The van der Waals surface area contributed by atoms with E-state index in [-0.39, 0.29) is 0 Å². The van der Waals surface area contributed by atoms with Crippen LogP contribution in [-0.4, -0.2) is 26.2 Å². The number of halogens is 3. The van der Waals surface area contributed by atoms with E-state index in [1.54, 1.807) is 6.07 Å². The van der Waals surface area contributed by atoms with Gasteiger partial charge in [-0.2, -0.15) is 0 Å². The second kappa shape index (κ2) is 5.87. The summed E-state index contributed by atoms with van der Waals surface area (Å²) in [7, 11) is 2.02. The molecule has 1 aromatic carbocycles. The Bertz CT molecular complexity index is 436. The molecule has 0 radical (unpaired) electrons.